The molecule has 4 aliphatic rings. The molecule has 1 spiro atoms. The Bertz CT molecular complexity index is 524. The molecule has 5 heteroatoms. The minimum atomic E-state index is -0.556. The average molecular weight is 317 g/mol. The van der Waals surface area contributed by atoms with Crippen LogP contribution in [0.3, 0.4) is 0 Å². The van der Waals surface area contributed by atoms with E-state index in [0.717, 1.165) is 62.9 Å². The number of rotatable bonds is 6. The van der Waals surface area contributed by atoms with Gasteiger partial charge in [-0.05, 0) is 62.9 Å². The molecule has 0 aromatic heterocycles. The predicted molar refractivity (Wildman–Crippen MR) is 87.8 cm³/mol. The van der Waals surface area contributed by atoms with E-state index >= 15 is 0 Å². The third-order valence-corrected chi connectivity index (χ3v) is 6.26. The van der Waals surface area contributed by atoms with Crippen molar-refractivity contribution < 1.29 is 9.59 Å². The average Bonchev–Trinajstić information content (AvgIpc) is 3.29. The molecule has 1 aliphatic heterocycles. The summed E-state index contributed by atoms with van der Waals surface area (Å²) in [6, 6.07) is -0.185. The van der Waals surface area contributed by atoms with Crippen molar-refractivity contribution in [3.63, 3.8) is 0 Å². The second-order valence-electron chi connectivity index (χ2n) is 7.77. The Morgan fingerprint density at radius 3 is 2.74 bits per heavy atom. The monoisotopic (exact) mass is 317 g/mol. The molecule has 1 heterocycles. The van der Waals surface area contributed by atoms with E-state index in [1.54, 1.807) is 0 Å². The summed E-state index contributed by atoms with van der Waals surface area (Å²) in [6.45, 7) is 2.48. The first-order chi connectivity index (χ1) is 11.2. The van der Waals surface area contributed by atoms with Gasteiger partial charge in [-0.3, -0.25) is 9.69 Å². The molecule has 3 amide bonds. The largest absolute Gasteiger partial charge is 0.325 e. The molecule has 3 atom stereocenters. The zero-order valence-corrected chi connectivity index (χ0v) is 13.7. The molecule has 1 saturated heterocycles. The summed E-state index contributed by atoms with van der Waals surface area (Å²) < 4.78 is 0. The molecule has 126 valence electrons. The number of imide groups is 1. The molecular weight excluding hydrogens is 290 g/mol. The molecule has 2 N–H and O–H groups in total. The lowest BCUT2D eigenvalue weighted by Gasteiger charge is -2.20. The van der Waals surface area contributed by atoms with Crippen LogP contribution < -0.4 is 10.6 Å². The van der Waals surface area contributed by atoms with Crippen molar-refractivity contribution in [2.75, 3.05) is 19.6 Å². The van der Waals surface area contributed by atoms with E-state index in [0.29, 0.717) is 6.54 Å². The van der Waals surface area contributed by atoms with Crippen molar-refractivity contribution in [1.29, 1.82) is 0 Å². The molecule has 4 rings (SSSR count). The quantitative estimate of drug-likeness (QED) is 0.448. The summed E-state index contributed by atoms with van der Waals surface area (Å²) in [4.78, 5) is 26.0. The van der Waals surface area contributed by atoms with Crippen LogP contribution in [0.4, 0.5) is 4.79 Å². The van der Waals surface area contributed by atoms with Gasteiger partial charge in [-0.1, -0.05) is 25.0 Å². The van der Waals surface area contributed by atoms with Crippen molar-refractivity contribution >= 4 is 11.9 Å². The second-order valence-corrected chi connectivity index (χ2v) is 7.77. The number of hydrogen-bond donors (Lipinski definition) is 2. The molecule has 2 bridgehead atoms. The highest BCUT2D eigenvalue weighted by Gasteiger charge is 2.51. The van der Waals surface area contributed by atoms with Crippen LogP contribution in [0.1, 0.15) is 44.9 Å². The van der Waals surface area contributed by atoms with Crippen LogP contribution in [-0.4, -0.2) is 42.0 Å². The smallest absolute Gasteiger partial charge is 0.323 e. The van der Waals surface area contributed by atoms with E-state index in [9.17, 15) is 9.59 Å². The number of allylic oxidation sites excluding steroid dienone is 2. The van der Waals surface area contributed by atoms with E-state index < -0.39 is 5.54 Å². The number of nitrogens with zero attached hydrogens (tertiary/aromatic N) is 1. The molecule has 2 saturated carbocycles. The topological polar surface area (TPSA) is 61.4 Å². The van der Waals surface area contributed by atoms with E-state index in [-0.39, 0.29) is 11.9 Å². The van der Waals surface area contributed by atoms with Crippen LogP contribution in [0.15, 0.2) is 12.2 Å². The number of hydrogen-bond acceptors (Lipinski definition) is 3. The van der Waals surface area contributed by atoms with Gasteiger partial charge < -0.3 is 10.6 Å². The number of urea groups is 1. The fourth-order valence-corrected chi connectivity index (χ4v) is 4.98. The summed E-state index contributed by atoms with van der Waals surface area (Å²) in [6.07, 6.45) is 12.0. The van der Waals surface area contributed by atoms with Crippen molar-refractivity contribution in [2.24, 2.45) is 17.8 Å². The van der Waals surface area contributed by atoms with Gasteiger partial charge in [0.05, 0.1) is 0 Å². The Labute approximate surface area is 137 Å². The predicted octanol–water partition coefficient (Wildman–Crippen LogP) is 2.04. The zero-order chi connectivity index (χ0) is 15.9. The first kappa shape index (κ1) is 15.2. The molecule has 5 nitrogen and oxygen atoms in total. The summed E-state index contributed by atoms with van der Waals surface area (Å²) >= 11 is 0. The fraction of sp³-hybridized carbons (Fsp3) is 0.778. The summed E-state index contributed by atoms with van der Waals surface area (Å²) in [7, 11) is 0. The van der Waals surface area contributed by atoms with E-state index in [4.69, 9.17) is 0 Å². The van der Waals surface area contributed by atoms with Gasteiger partial charge in [-0.15, -0.1) is 0 Å². The maximum absolute atomic E-state index is 12.5. The molecular formula is C18H27N3O2. The lowest BCUT2D eigenvalue weighted by atomic mass is 9.94. The summed E-state index contributed by atoms with van der Waals surface area (Å²) in [5.74, 6) is 2.39. The van der Waals surface area contributed by atoms with Gasteiger partial charge in [-0.2, -0.15) is 0 Å². The van der Waals surface area contributed by atoms with Crippen LogP contribution in [0.25, 0.3) is 0 Å². The normalized spacial score (nSPS) is 34.1. The number of nitrogens with one attached hydrogen (secondary N) is 2. The minimum Gasteiger partial charge on any atom is -0.323 e. The Morgan fingerprint density at radius 1 is 1.22 bits per heavy atom. The first-order valence-electron chi connectivity index (χ1n) is 9.21. The number of fused-ring (bicyclic) bond motifs is 2. The second kappa shape index (κ2) is 5.93. The molecule has 0 unspecified atom stereocenters. The van der Waals surface area contributed by atoms with E-state index in [1.165, 1.54) is 17.7 Å². The highest BCUT2D eigenvalue weighted by Crippen LogP contribution is 2.42. The van der Waals surface area contributed by atoms with Gasteiger partial charge in [0.1, 0.15) is 5.54 Å². The maximum atomic E-state index is 12.5. The van der Waals surface area contributed by atoms with Crippen LogP contribution in [0.5, 0.6) is 0 Å². The molecule has 0 aromatic carbocycles. The lowest BCUT2D eigenvalue weighted by molar-refractivity contribution is -0.131. The third kappa shape index (κ3) is 2.69. The number of carbonyl (C=O) groups excluding carboxylic acids is 2. The first-order valence-corrected chi connectivity index (χ1v) is 9.21. The maximum Gasteiger partial charge on any atom is 0.325 e. The van der Waals surface area contributed by atoms with Crippen molar-refractivity contribution in [3.05, 3.63) is 12.2 Å². The van der Waals surface area contributed by atoms with Crippen LogP contribution in [0.2, 0.25) is 0 Å². The van der Waals surface area contributed by atoms with Gasteiger partial charge in [0, 0.05) is 6.54 Å². The standard InChI is InChI=1S/C18H27N3O2/c22-16-18(6-1-2-7-18)20-17(23)21(16)9-3-8-19-12-15-11-13-4-5-14(15)10-13/h4-5,13-15,19H,1-3,6-12H2,(H,20,23)/t13-,14-,15-/m0/s1. The van der Waals surface area contributed by atoms with Gasteiger partial charge >= 0.3 is 6.03 Å². The van der Waals surface area contributed by atoms with Gasteiger partial charge in [-0.25, -0.2) is 4.79 Å². The van der Waals surface area contributed by atoms with Gasteiger partial charge in [0.25, 0.3) is 5.91 Å². The molecule has 0 aromatic rings. The summed E-state index contributed by atoms with van der Waals surface area (Å²) in [5.41, 5.74) is -0.556. The highest BCUT2D eigenvalue weighted by atomic mass is 16.2. The number of amides is 3. The summed E-state index contributed by atoms with van der Waals surface area (Å²) in [5, 5.41) is 6.47. The Balaban J connectivity index is 1.19. The fourth-order valence-electron chi connectivity index (χ4n) is 4.98. The molecule has 3 fully saturated rings. The van der Waals surface area contributed by atoms with E-state index in [2.05, 4.69) is 22.8 Å². The lowest BCUT2D eigenvalue weighted by Crippen LogP contribution is -2.44. The molecule has 0 radical (unpaired) electrons. The van der Waals surface area contributed by atoms with Crippen LogP contribution in [0, 0.1) is 17.8 Å². The van der Waals surface area contributed by atoms with Crippen molar-refractivity contribution in [2.45, 2.75) is 50.5 Å². The SMILES string of the molecule is O=C1NC2(CCCC2)C(=O)N1CCCNC[C@@H]1C[C@H]2C=C[C@H]1C2. The minimum absolute atomic E-state index is 0.0123. The van der Waals surface area contributed by atoms with Gasteiger partial charge in [0.2, 0.25) is 0 Å². The third-order valence-electron chi connectivity index (χ3n) is 6.26. The Kier molecular flexibility index (Phi) is 3.92. The van der Waals surface area contributed by atoms with Crippen molar-refractivity contribution in [1.82, 2.24) is 15.5 Å². The van der Waals surface area contributed by atoms with E-state index in [1.807, 2.05) is 0 Å². The Hall–Kier alpha value is -1.36. The van der Waals surface area contributed by atoms with Crippen molar-refractivity contribution in [3.8, 4) is 0 Å². The Morgan fingerprint density at radius 2 is 2.04 bits per heavy atom. The number of carbonyl (C=O) groups is 2. The highest BCUT2D eigenvalue weighted by molar-refractivity contribution is 6.07. The molecule has 23 heavy (non-hydrogen) atoms. The molecule has 3 aliphatic carbocycles. The zero-order valence-electron chi connectivity index (χ0n) is 13.7. The van der Waals surface area contributed by atoms with Crippen LogP contribution >= 0.6 is 0 Å². The van der Waals surface area contributed by atoms with Crippen LogP contribution in [-0.2, 0) is 4.79 Å². The van der Waals surface area contributed by atoms with Gasteiger partial charge in [0.15, 0.2) is 0 Å².